The Balaban J connectivity index is 1.31. The van der Waals surface area contributed by atoms with E-state index in [0.717, 1.165) is 32.2 Å². The van der Waals surface area contributed by atoms with Gasteiger partial charge in [-0.15, -0.1) is 0 Å². The highest BCUT2D eigenvalue weighted by atomic mass is 16.3. The highest BCUT2D eigenvalue weighted by Gasteiger charge is 2.55. The van der Waals surface area contributed by atoms with Crippen LogP contribution in [-0.4, -0.2) is 68.0 Å². The number of carbonyl (C=O) groups is 2. The van der Waals surface area contributed by atoms with Crippen molar-refractivity contribution in [1.29, 1.82) is 0 Å². The van der Waals surface area contributed by atoms with E-state index in [1.165, 1.54) is 10.6 Å². The van der Waals surface area contributed by atoms with Crippen LogP contribution in [0.5, 0.6) is 0 Å². The zero-order chi connectivity index (χ0) is 23.9. The van der Waals surface area contributed by atoms with Crippen LogP contribution in [-0.2, 0) is 16.1 Å². The Hall–Kier alpha value is -1.93. The maximum atomic E-state index is 13.1. The molecule has 2 amide bonds. The Labute approximate surface area is 196 Å². The highest BCUT2D eigenvalue weighted by Crippen LogP contribution is 2.64. The topological polar surface area (TPSA) is 108 Å². The van der Waals surface area contributed by atoms with E-state index >= 15 is 0 Å². The summed E-state index contributed by atoms with van der Waals surface area (Å²) in [6, 6.07) is 1.15. The smallest absolute Gasteiger partial charge is 0.243 e. The number of aryl methyl sites for hydroxylation is 1. The molecular formula is C25H40N4O4. The standard InChI is InChI=1S/C25H40N4O4/c1-5-29-21(6-7-26-29)18-11-25(12-18)9-17(10-25)20(14-30)27-23(32)22-8-19(31)13-28(22)24(33)16(4)15(2)3/h6-7,15-20,22,30-31H,5,8-14H2,1-4H3,(H,27,32). The molecule has 3 N–H and O–H groups in total. The summed E-state index contributed by atoms with van der Waals surface area (Å²) in [5, 5.41) is 27.6. The maximum absolute atomic E-state index is 13.1. The lowest BCUT2D eigenvalue weighted by Crippen LogP contribution is -2.58. The first-order chi connectivity index (χ1) is 15.7. The van der Waals surface area contributed by atoms with E-state index in [-0.39, 0.29) is 55.2 Å². The minimum Gasteiger partial charge on any atom is -0.394 e. The number of aliphatic hydroxyl groups is 2. The minimum atomic E-state index is -0.688. The molecule has 1 spiro atoms. The summed E-state index contributed by atoms with van der Waals surface area (Å²) in [6.07, 6.45) is 5.75. The number of nitrogens with one attached hydrogen (secondary N) is 1. The number of β-amino-alcohol motifs (C(OH)–C–C–N with tert-alkyl or cyclic N) is 1. The molecule has 2 saturated carbocycles. The second-order valence-corrected chi connectivity index (χ2v) is 11.1. The molecule has 1 aromatic rings. The molecule has 4 atom stereocenters. The summed E-state index contributed by atoms with van der Waals surface area (Å²) in [4.78, 5) is 27.5. The van der Waals surface area contributed by atoms with Crippen molar-refractivity contribution < 1.29 is 19.8 Å². The zero-order valence-electron chi connectivity index (χ0n) is 20.4. The van der Waals surface area contributed by atoms with E-state index in [2.05, 4.69) is 28.1 Å². The third-order valence-electron chi connectivity index (χ3n) is 8.56. The fraction of sp³-hybridized carbons (Fsp3) is 0.800. The van der Waals surface area contributed by atoms with Gasteiger partial charge in [0.2, 0.25) is 11.8 Å². The molecule has 33 heavy (non-hydrogen) atoms. The second kappa shape index (κ2) is 9.37. The highest BCUT2D eigenvalue weighted by molar-refractivity contribution is 5.89. The van der Waals surface area contributed by atoms with Crippen LogP contribution in [0.25, 0.3) is 0 Å². The number of hydrogen-bond acceptors (Lipinski definition) is 5. The summed E-state index contributed by atoms with van der Waals surface area (Å²) in [5.74, 6) is 0.420. The first-order valence-electron chi connectivity index (χ1n) is 12.6. The fourth-order valence-electron chi connectivity index (χ4n) is 6.26. The van der Waals surface area contributed by atoms with E-state index in [1.807, 2.05) is 27.0 Å². The van der Waals surface area contributed by atoms with Gasteiger partial charge in [-0.25, -0.2) is 0 Å². The number of likely N-dealkylation sites (tertiary alicyclic amines) is 1. The number of rotatable bonds is 8. The van der Waals surface area contributed by atoms with Gasteiger partial charge in [0.1, 0.15) is 6.04 Å². The van der Waals surface area contributed by atoms with Gasteiger partial charge in [0.05, 0.1) is 18.8 Å². The van der Waals surface area contributed by atoms with Crippen LogP contribution < -0.4 is 5.32 Å². The normalized spacial score (nSPS) is 33.0. The largest absolute Gasteiger partial charge is 0.394 e. The van der Waals surface area contributed by atoms with Crippen molar-refractivity contribution in [3.63, 3.8) is 0 Å². The maximum Gasteiger partial charge on any atom is 0.243 e. The Morgan fingerprint density at radius 2 is 1.94 bits per heavy atom. The summed E-state index contributed by atoms with van der Waals surface area (Å²) in [6.45, 7) is 8.93. The number of amides is 2. The van der Waals surface area contributed by atoms with Crippen LogP contribution in [0.4, 0.5) is 0 Å². The van der Waals surface area contributed by atoms with Crippen molar-refractivity contribution in [2.45, 2.75) is 90.4 Å². The predicted octanol–water partition coefficient (Wildman–Crippen LogP) is 1.91. The van der Waals surface area contributed by atoms with Crippen LogP contribution >= 0.6 is 0 Å². The molecule has 1 aromatic heterocycles. The van der Waals surface area contributed by atoms with Crippen LogP contribution in [0.1, 0.15) is 71.4 Å². The van der Waals surface area contributed by atoms with Gasteiger partial charge < -0.3 is 20.4 Å². The number of hydrogen-bond donors (Lipinski definition) is 3. The Bertz CT molecular complexity index is 854. The number of carbonyl (C=O) groups excluding carboxylic acids is 2. The van der Waals surface area contributed by atoms with E-state index < -0.39 is 12.1 Å². The fourth-order valence-corrected chi connectivity index (χ4v) is 6.26. The molecule has 2 aliphatic carbocycles. The molecule has 184 valence electrons. The van der Waals surface area contributed by atoms with Crippen LogP contribution in [0.2, 0.25) is 0 Å². The lowest BCUT2D eigenvalue weighted by molar-refractivity contribution is -0.143. The third kappa shape index (κ3) is 4.56. The Kier molecular flexibility index (Phi) is 6.87. The van der Waals surface area contributed by atoms with Crippen molar-refractivity contribution in [2.24, 2.45) is 23.2 Å². The zero-order valence-corrected chi connectivity index (χ0v) is 20.4. The Morgan fingerprint density at radius 3 is 2.55 bits per heavy atom. The van der Waals surface area contributed by atoms with Gasteiger partial charge in [0.25, 0.3) is 0 Å². The Morgan fingerprint density at radius 1 is 1.24 bits per heavy atom. The SMILES string of the molecule is CCn1nccc1C1CC2(C1)CC(C(CO)NC(=O)C1CC(O)CN1C(=O)C(C)C(C)C)C2. The lowest BCUT2D eigenvalue weighted by Gasteiger charge is -2.59. The van der Waals surface area contributed by atoms with E-state index in [4.69, 9.17) is 0 Å². The van der Waals surface area contributed by atoms with Crippen LogP contribution in [0.15, 0.2) is 12.3 Å². The summed E-state index contributed by atoms with van der Waals surface area (Å²) in [5.41, 5.74) is 1.65. The predicted molar refractivity (Wildman–Crippen MR) is 124 cm³/mol. The monoisotopic (exact) mass is 460 g/mol. The van der Waals surface area contributed by atoms with Gasteiger partial charge in [-0.05, 0) is 55.9 Å². The molecule has 1 aliphatic heterocycles. The lowest BCUT2D eigenvalue weighted by atomic mass is 9.46. The first-order valence-corrected chi connectivity index (χ1v) is 12.6. The number of aromatic nitrogens is 2. The second-order valence-electron chi connectivity index (χ2n) is 11.1. The molecule has 1 saturated heterocycles. The third-order valence-corrected chi connectivity index (χ3v) is 8.56. The summed E-state index contributed by atoms with van der Waals surface area (Å²) >= 11 is 0. The molecule has 0 aromatic carbocycles. The number of nitrogens with zero attached hydrogens (tertiary/aromatic N) is 3. The molecular weight excluding hydrogens is 420 g/mol. The molecule has 2 heterocycles. The summed E-state index contributed by atoms with van der Waals surface area (Å²) < 4.78 is 2.08. The van der Waals surface area contributed by atoms with Crippen LogP contribution in [0.3, 0.4) is 0 Å². The van der Waals surface area contributed by atoms with E-state index in [1.54, 1.807) is 0 Å². The van der Waals surface area contributed by atoms with Crippen molar-refractivity contribution >= 4 is 11.8 Å². The average Bonchev–Trinajstić information content (AvgIpc) is 3.35. The molecule has 8 heteroatoms. The van der Waals surface area contributed by atoms with Gasteiger partial charge in [-0.1, -0.05) is 20.8 Å². The van der Waals surface area contributed by atoms with Gasteiger partial charge in [0.15, 0.2) is 0 Å². The molecule has 4 rings (SSSR count). The number of aliphatic hydroxyl groups excluding tert-OH is 2. The minimum absolute atomic E-state index is 0.0864. The van der Waals surface area contributed by atoms with Crippen molar-refractivity contribution in [2.75, 3.05) is 13.2 Å². The van der Waals surface area contributed by atoms with E-state index in [9.17, 15) is 19.8 Å². The van der Waals surface area contributed by atoms with Gasteiger partial charge in [-0.2, -0.15) is 5.10 Å². The average molecular weight is 461 g/mol. The van der Waals surface area contributed by atoms with Crippen molar-refractivity contribution in [3.05, 3.63) is 18.0 Å². The van der Waals surface area contributed by atoms with Gasteiger partial charge in [0, 0.05) is 43.2 Å². The van der Waals surface area contributed by atoms with Crippen molar-refractivity contribution in [1.82, 2.24) is 20.0 Å². The molecule has 0 bridgehead atoms. The van der Waals surface area contributed by atoms with Crippen molar-refractivity contribution in [3.8, 4) is 0 Å². The molecule has 3 aliphatic rings. The first kappa shape index (κ1) is 24.2. The van der Waals surface area contributed by atoms with E-state index in [0.29, 0.717) is 11.3 Å². The van der Waals surface area contributed by atoms with Gasteiger partial charge in [-0.3, -0.25) is 14.3 Å². The molecule has 0 radical (unpaired) electrons. The summed E-state index contributed by atoms with van der Waals surface area (Å²) in [7, 11) is 0. The van der Waals surface area contributed by atoms with Gasteiger partial charge >= 0.3 is 0 Å². The molecule has 8 nitrogen and oxygen atoms in total. The molecule has 3 fully saturated rings. The molecule has 4 unspecified atom stereocenters. The van der Waals surface area contributed by atoms with Crippen LogP contribution in [0, 0.1) is 23.2 Å². The quantitative estimate of drug-likeness (QED) is 0.549.